The number of likely N-dealkylation sites (N-methyl/N-ethyl adjacent to an activating group) is 1. The van der Waals surface area contributed by atoms with Crippen LogP contribution in [-0.4, -0.2) is 43.8 Å². The van der Waals surface area contributed by atoms with Crippen LogP contribution in [0.25, 0.3) is 0 Å². The van der Waals surface area contributed by atoms with Crippen LogP contribution in [0.1, 0.15) is 40.5 Å². The van der Waals surface area contributed by atoms with Crippen molar-refractivity contribution in [2.24, 2.45) is 17.1 Å². The van der Waals surface area contributed by atoms with Crippen molar-refractivity contribution < 1.29 is 4.74 Å². The lowest BCUT2D eigenvalue weighted by molar-refractivity contribution is 0.00960. The average Bonchev–Trinajstić information content (AvgIpc) is 2.29. The van der Waals surface area contributed by atoms with Gasteiger partial charge in [0, 0.05) is 31.8 Å². The number of rotatable bonds is 4. The molecule has 3 nitrogen and oxygen atoms in total. The van der Waals surface area contributed by atoms with Gasteiger partial charge in [-0.3, -0.25) is 4.90 Å². The lowest BCUT2D eigenvalue weighted by Gasteiger charge is -2.43. The van der Waals surface area contributed by atoms with Crippen LogP contribution in [0.3, 0.4) is 0 Å². The molecule has 0 saturated carbocycles. The molecule has 0 aromatic carbocycles. The highest BCUT2D eigenvalue weighted by Crippen LogP contribution is 2.29. The third-order valence-electron chi connectivity index (χ3n) is 4.44. The van der Waals surface area contributed by atoms with Crippen LogP contribution in [0.2, 0.25) is 0 Å². The van der Waals surface area contributed by atoms with Gasteiger partial charge in [0.2, 0.25) is 0 Å². The van der Waals surface area contributed by atoms with E-state index in [9.17, 15) is 0 Å². The van der Waals surface area contributed by atoms with Gasteiger partial charge in [-0.25, -0.2) is 0 Å². The summed E-state index contributed by atoms with van der Waals surface area (Å²) in [5.41, 5.74) is 6.30. The van der Waals surface area contributed by atoms with Crippen molar-refractivity contribution in [2.45, 2.75) is 52.6 Å². The molecule has 0 aliphatic carbocycles. The Morgan fingerprint density at radius 1 is 1.29 bits per heavy atom. The maximum Gasteiger partial charge on any atom is 0.0469 e. The van der Waals surface area contributed by atoms with Crippen molar-refractivity contribution in [3.63, 3.8) is 0 Å². The molecule has 1 rings (SSSR count). The van der Waals surface area contributed by atoms with Gasteiger partial charge in [0.15, 0.2) is 0 Å². The number of hydrogen-bond donors (Lipinski definition) is 1. The number of nitrogens with zero attached hydrogens (tertiary/aromatic N) is 1. The molecule has 2 unspecified atom stereocenters. The fourth-order valence-corrected chi connectivity index (χ4v) is 2.69. The first-order chi connectivity index (χ1) is 7.88. The molecule has 1 heterocycles. The zero-order valence-electron chi connectivity index (χ0n) is 12.2. The normalized spacial score (nSPS) is 22.8. The maximum atomic E-state index is 6.00. The molecule has 0 aromatic heterocycles. The van der Waals surface area contributed by atoms with E-state index in [1.165, 1.54) is 0 Å². The van der Waals surface area contributed by atoms with Crippen LogP contribution in [-0.2, 0) is 4.74 Å². The lowest BCUT2D eigenvalue weighted by atomic mass is 9.83. The molecule has 1 aliphatic heterocycles. The van der Waals surface area contributed by atoms with Crippen molar-refractivity contribution in [2.75, 3.05) is 26.8 Å². The summed E-state index contributed by atoms with van der Waals surface area (Å²) < 4.78 is 5.44. The van der Waals surface area contributed by atoms with Crippen LogP contribution < -0.4 is 5.73 Å². The van der Waals surface area contributed by atoms with Crippen molar-refractivity contribution >= 4 is 0 Å². The van der Waals surface area contributed by atoms with Gasteiger partial charge in [0.25, 0.3) is 0 Å². The topological polar surface area (TPSA) is 38.5 Å². The minimum atomic E-state index is 0.299. The molecule has 0 aromatic rings. The summed E-state index contributed by atoms with van der Waals surface area (Å²) in [6, 6.07) is 1.03. The second-order valence-electron chi connectivity index (χ2n) is 6.46. The molecule has 0 spiro atoms. The van der Waals surface area contributed by atoms with E-state index in [2.05, 4.69) is 39.6 Å². The van der Waals surface area contributed by atoms with Crippen molar-refractivity contribution in [1.82, 2.24) is 4.90 Å². The Hall–Kier alpha value is -0.120. The predicted molar refractivity (Wildman–Crippen MR) is 73.1 cm³/mol. The zero-order valence-corrected chi connectivity index (χ0v) is 12.2. The molecule has 2 atom stereocenters. The van der Waals surface area contributed by atoms with E-state index in [1.54, 1.807) is 0 Å². The van der Waals surface area contributed by atoms with Gasteiger partial charge in [0.1, 0.15) is 0 Å². The molecule has 1 fully saturated rings. The largest absolute Gasteiger partial charge is 0.381 e. The second-order valence-corrected chi connectivity index (χ2v) is 6.46. The highest BCUT2D eigenvalue weighted by atomic mass is 16.5. The SMILES string of the molecule is CC(N(C)C(CN)C1CCOCC1)C(C)(C)C. The molecule has 0 radical (unpaired) electrons. The quantitative estimate of drug-likeness (QED) is 0.820. The highest BCUT2D eigenvalue weighted by Gasteiger charge is 2.32. The van der Waals surface area contributed by atoms with Gasteiger partial charge in [-0.1, -0.05) is 20.8 Å². The van der Waals surface area contributed by atoms with Crippen LogP contribution >= 0.6 is 0 Å². The van der Waals surface area contributed by atoms with Crippen molar-refractivity contribution in [1.29, 1.82) is 0 Å². The third-order valence-corrected chi connectivity index (χ3v) is 4.44. The van der Waals surface area contributed by atoms with Crippen LogP contribution in [0.15, 0.2) is 0 Å². The van der Waals surface area contributed by atoms with Gasteiger partial charge >= 0.3 is 0 Å². The van der Waals surface area contributed by atoms with Gasteiger partial charge < -0.3 is 10.5 Å². The standard InChI is InChI=1S/C14H30N2O/c1-11(14(2,3)4)16(5)13(10-15)12-6-8-17-9-7-12/h11-13H,6-10,15H2,1-5H3. The molecular formula is C14H30N2O. The van der Waals surface area contributed by atoms with E-state index in [0.29, 0.717) is 23.4 Å². The van der Waals surface area contributed by atoms with Gasteiger partial charge in [-0.2, -0.15) is 0 Å². The monoisotopic (exact) mass is 242 g/mol. The van der Waals surface area contributed by atoms with Crippen LogP contribution in [0.5, 0.6) is 0 Å². The van der Waals surface area contributed by atoms with Crippen molar-refractivity contribution in [3.05, 3.63) is 0 Å². The Kier molecular flexibility index (Phi) is 5.42. The first-order valence-corrected chi connectivity index (χ1v) is 6.87. The second kappa shape index (κ2) is 6.17. The molecule has 102 valence electrons. The summed E-state index contributed by atoms with van der Waals surface area (Å²) in [5, 5.41) is 0. The number of nitrogens with two attached hydrogens (primary N) is 1. The Labute approximate surface area is 107 Å². The predicted octanol–water partition coefficient (Wildman–Crippen LogP) is 2.11. The lowest BCUT2D eigenvalue weighted by Crippen LogP contribution is -2.52. The Morgan fingerprint density at radius 2 is 1.82 bits per heavy atom. The summed E-state index contributed by atoms with van der Waals surface area (Å²) >= 11 is 0. The van der Waals surface area contributed by atoms with E-state index in [-0.39, 0.29) is 0 Å². The van der Waals surface area contributed by atoms with E-state index >= 15 is 0 Å². The van der Waals surface area contributed by atoms with E-state index in [0.717, 1.165) is 32.6 Å². The Morgan fingerprint density at radius 3 is 2.24 bits per heavy atom. The van der Waals surface area contributed by atoms with Crippen LogP contribution in [0.4, 0.5) is 0 Å². The molecular weight excluding hydrogens is 212 g/mol. The summed E-state index contributed by atoms with van der Waals surface area (Å²) in [4.78, 5) is 2.48. The summed E-state index contributed by atoms with van der Waals surface area (Å²) in [7, 11) is 2.23. The van der Waals surface area contributed by atoms with E-state index in [1.807, 2.05) is 0 Å². The van der Waals surface area contributed by atoms with Gasteiger partial charge in [0.05, 0.1) is 0 Å². The van der Waals surface area contributed by atoms with Gasteiger partial charge in [-0.15, -0.1) is 0 Å². The number of hydrogen-bond acceptors (Lipinski definition) is 3. The molecule has 0 bridgehead atoms. The molecule has 1 saturated heterocycles. The minimum Gasteiger partial charge on any atom is -0.381 e. The Balaban J connectivity index is 2.65. The summed E-state index contributed by atoms with van der Waals surface area (Å²) in [5.74, 6) is 0.698. The number of ether oxygens (including phenoxy) is 1. The minimum absolute atomic E-state index is 0.299. The smallest absolute Gasteiger partial charge is 0.0469 e. The van der Waals surface area contributed by atoms with Gasteiger partial charge in [-0.05, 0) is 38.1 Å². The van der Waals surface area contributed by atoms with Crippen LogP contribution in [0, 0.1) is 11.3 Å². The first-order valence-electron chi connectivity index (χ1n) is 6.87. The maximum absolute atomic E-state index is 6.00. The fraction of sp³-hybridized carbons (Fsp3) is 1.00. The van der Waals surface area contributed by atoms with Crippen molar-refractivity contribution in [3.8, 4) is 0 Å². The molecule has 3 heteroatoms. The summed E-state index contributed by atoms with van der Waals surface area (Å²) in [6.45, 7) is 11.8. The third kappa shape index (κ3) is 3.94. The molecule has 1 aliphatic rings. The average molecular weight is 242 g/mol. The van der Waals surface area contributed by atoms with E-state index < -0.39 is 0 Å². The molecule has 0 amide bonds. The molecule has 2 N–H and O–H groups in total. The summed E-state index contributed by atoms with van der Waals surface area (Å²) in [6.07, 6.45) is 2.31. The fourth-order valence-electron chi connectivity index (χ4n) is 2.69. The Bertz CT molecular complexity index is 219. The zero-order chi connectivity index (χ0) is 13.1. The molecule has 17 heavy (non-hydrogen) atoms. The first kappa shape index (κ1) is 14.9. The van der Waals surface area contributed by atoms with E-state index in [4.69, 9.17) is 10.5 Å². The highest BCUT2D eigenvalue weighted by molar-refractivity contribution is 4.87.